The molecule has 0 fully saturated rings. The molecule has 0 aliphatic carbocycles. The van der Waals surface area contributed by atoms with Crippen molar-refractivity contribution in [1.29, 1.82) is 0 Å². The predicted molar refractivity (Wildman–Crippen MR) is 51.0 cm³/mol. The number of hydrogen-bond donors (Lipinski definition) is 1. The van der Waals surface area contributed by atoms with E-state index in [-0.39, 0.29) is 0 Å². The third kappa shape index (κ3) is 2.74. The number of nitrogens with two attached hydrogens (primary N) is 1. The average molecular weight is 202 g/mol. The van der Waals surface area contributed by atoms with E-state index in [0.29, 0.717) is 0 Å². The molecule has 0 aromatic carbocycles. The zero-order valence-corrected chi connectivity index (χ0v) is 9.22. The zero-order chi connectivity index (χ0) is 7.71. The molecule has 0 bridgehead atoms. The fourth-order valence-electron chi connectivity index (χ4n) is 0.173. The fraction of sp³-hybridized carbons (Fsp3) is 1.00. The Morgan fingerprint density at radius 1 is 1.56 bits per heavy atom. The maximum absolute atomic E-state index is 5.89. The van der Waals surface area contributed by atoms with Crippen molar-refractivity contribution in [1.82, 2.24) is 0 Å². The summed E-state index contributed by atoms with van der Waals surface area (Å²) >= 11 is 10.9. The van der Waals surface area contributed by atoms with Crippen LogP contribution in [-0.4, -0.2) is 7.74 Å². The molecule has 0 aromatic heterocycles. The van der Waals surface area contributed by atoms with Crippen LogP contribution in [0.3, 0.4) is 0 Å². The molecule has 2 N–H and O–H groups in total. The summed E-state index contributed by atoms with van der Waals surface area (Å²) in [4.78, 5) is 0. The molecular formula is C3H11ClN2PSSi-. The summed E-state index contributed by atoms with van der Waals surface area (Å²) in [5, 5.41) is 3.54. The summed E-state index contributed by atoms with van der Waals surface area (Å²) in [5.41, 5.74) is -2.01. The molecule has 6 heteroatoms. The summed E-state index contributed by atoms with van der Waals surface area (Å²) in [5.74, 6) is 5.07. The quantitative estimate of drug-likeness (QED) is 0.245. The van der Waals surface area contributed by atoms with E-state index >= 15 is 0 Å². The molecule has 0 aliphatic rings. The van der Waals surface area contributed by atoms with Gasteiger partial charge in [0.15, 0.2) is 0 Å². The van der Waals surface area contributed by atoms with Gasteiger partial charge in [0.25, 0.3) is 0 Å². The highest BCUT2D eigenvalue weighted by molar-refractivity contribution is 8.66. The smallest absolute Gasteiger partial charge is 0.203 e. The Morgan fingerprint density at radius 2 is 1.89 bits per heavy atom. The lowest BCUT2D eigenvalue weighted by Crippen LogP contribution is -2.21. The minimum atomic E-state index is -2.01. The van der Waals surface area contributed by atoms with E-state index in [1.165, 1.54) is 0 Å². The van der Waals surface area contributed by atoms with Crippen LogP contribution in [0.2, 0.25) is 19.6 Å². The Bertz CT molecular complexity index is 104. The van der Waals surface area contributed by atoms with E-state index in [1.807, 2.05) is 0 Å². The second-order valence-corrected chi connectivity index (χ2v) is 19.8. The van der Waals surface area contributed by atoms with Crippen LogP contribution < -0.4 is 5.84 Å². The predicted octanol–water partition coefficient (Wildman–Crippen LogP) is 2.62. The standard InChI is InChI=1S/C3H11ClN2PSSi/c1-9(2,3)7(4,8)6-5/h5H2,1-3H3/q-1. The molecule has 0 saturated heterocycles. The Balaban J connectivity index is 4.14. The Hall–Kier alpha value is 1.21. The molecule has 0 saturated carbocycles. The van der Waals surface area contributed by atoms with Gasteiger partial charge in [0.2, 0.25) is 7.74 Å². The summed E-state index contributed by atoms with van der Waals surface area (Å²) in [6, 6.07) is 0. The summed E-state index contributed by atoms with van der Waals surface area (Å²) in [7, 11) is -1.49. The Labute approximate surface area is 67.7 Å². The SMILES string of the molecule is C[Si](C)(C)[P+]([S-])(Cl)[N-]N. The van der Waals surface area contributed by atoms with Gasteiger partial charge in [-0.05, 0) is 19.6 Å². The maximum atomic E-state index is 5.89. The van der Waals surface area contributed by atoms with Gasteiger partial charge in [-0.1, -0.05) is 0 Å². The number of hydrogen-bond acceptors (Lipinski definition) is 2. The van der Waals surface area contributed by atoms with Gasteiger partial charge >= 0.3 is 0 Å². The lowest BCUT2D eigenvalue weighted by atomic mass is 11.8. The normalized spacial score (nSPS) is 19.3. The van der Waals surface area contributed by atoms with Crippen molar-refractivity contribution in [2.24, 2.45) is 5.84 Å². The zero-order valence-electron chi connectivity index (χ0n) is 5.76. The summed E-state index contributed by atoms with van der Waals surface area (Å²) in [6.45, 7) is 6.24. The lowest BCUT2D eigenvalue weighted by Gasteiger charge is -2.44. The van der Waals surface area contributed by atoms with Gasteiger partial charge in [-0.3, -0.25) is 0 Å². The number of halogens is 1. The van der Waals surface area contributed by atoms with E-state index in [9.17, 15) is 0 Å². The van der Waals surface area contributed by atoms with E-state index in [4.69, 9.17) is 29.3 Å². The Kier molecular flexibility index (Phi) is 3.48. The van der Waals surface area contributed by atoms with Crippen LogP contribution in [0.4, 0.5) is 0 Å². The van der Waals surface area contributed by atoms with Crippen molar-refractivity contribution in [3.05, 3.63) is 5.20 Å². The van der Waals surface area contributed by atoms with Crippen LogP contribution in [0.15, 0.2) is 0 Å². The topological polar surface area (TPSA) is 40.1 Å². The van der Waals surface area contributed by atoms with Crippen LogP contribution >= 0.6 is 16.8 Å². The van der Waals surface area contributed by atoms with Gasteiger partial charge in [-0.2, -0.15) is 0 Å². The van der Waals surface area contributed by atoms with E-state index in [2.05, 4.69) is 24.8 Å². The molecule has 0 heterocycles. The van der Waals surface area contributed by atoms with Crippen molar-refractivity contribution in [2.75, 3.05) is 0 Å². The van der Waals surface area contributed by atoms with Crippen LogP contribution in [0.25, 0.3) is 5.20 Å². The van der Waals surface area contributed by atoms with Crippen LogP contribution in [0.1, 0.15) is 0 Å². The average Bonchev–Trinajstić information content (AvgIpc) is 1.64. The molecule has 0 aliphatic heterocycles. The van der Waals surface area contributed by atoms with Crippen molar-refractivity contribution < 1.29 is 0 Å². The van der Waals surface area contributed by atoms with Gasteiger partial charge in [0.05, 0.1) is 0 Å². The van der Waals surface area contributed by atoms with Crippen LogP contribution in [0, 0.1) is 0 Å². The molecule has 0 amide bonds. The van der Waals surface area contributed by atoms with Crippen molar-refractivity contribution in [3.8, 4) is 0 Å². The van der Waals surface area contributed by atoms with Crippen molar-refractivity contribution >= 4 is 36.7 Å². The van der Waals surface area contributed by atoms with E-state index < -0.39 is 13.3 Å². The maximum Gasteiger partial charge on any atom is 0.203 e. The first-order valence-electron chi connectivity index (χ1n) is 2.53. The molecule has 1 unspecified atom stereocenters. The second kappa shape index (κ2) is 3.07. The highest BCUT2D eigenvalue weighted by atomic mass is 35.7. The highest BCUT2D eigenvalue weighted by Crippen LogP contribution is 2.72. The lowest BCUT2D eigenvalue weighted by molar-refractivity contribution is 1.60. The molecule has 0 rings (SSSR count). The second-order valence-electron chi connectivity index (χ2n) is 2.79. The van der Waals surface area contributed by atoms with Gasteiger partial charge in [-0.15, -0.1) is 5.52 Å². The van der Waals surface area contributed by atoms with Gasteiger partial charge in [0, 0.05) is 11.2 Å². The minimum Gasteiger partial charge on any atom is -0.566 e. The van der Waals surface area contributed by atoms with Gasteiger partial charge < -0.3 is 23.3 Å². The molecule has 0 spiro atoms. The monoisotopic (exact) mass is 201 g/mol. The van der Waals surface area contributed by atoms with Crippen molar-refractivity contribution in [2.45, 2.75) is 19.6 Å². The minimum absolute atomic E-state index is 1.49. The highest BCUT2D eigenvalue weighted by Gasteiger charge is 2.31. The molecular weight excluding hydrogens is 191 g/mol. The molecule has 2 nitrogen and oxygen atoms in total. The largest absolute Gasteiger partial charge is 0.566 e. The van der Waals surface area contributed by atoms with Crippen LogP contribution in [-0.2, 0) is 12.2 Å². The number of rotatable bonds is 2. The fourth-order valence-corrected chi connectivity index (χ4v) is 1.56. The van der Waals surface area contributed by atoms with Gasteiger partial charge in [0.1, 0.15) is 0 Å². The van der Waals surface area contributed by atoms with E-state index in [1.54, 1.807) is 0 Å². The van der Waals surface area contributed by atoms with Crippen molar-refractivity contribution in [3.63, 3.8) is 0 Å². The first-order valence-corrected chi connectivity index (χ1v) is 10.5. The molecule has 9 heavy (non-hydrogen) atoms. The Morgan fingerprint density at radius 3 is 1.89 bits per heavy atom. The molecule has 0 radical (unpaired) electrons. The first-order chi connectivity index (χ1) is 3.81. The molecule has 0 aromatic rings. The first kappa shape index (κ1) is 10.2. The van der Waals surface area contributed by atoms with E-state index in [0.717, 1.165) is 0 Å². The molecule has 56 valence electrons. The molecule has 1 atom stereocenters. The number of nitrogens with zero attached hydrogens (tertiary/aromatic N) is 1. The third-order valence-electron chi connectivity index (χ3n) is 0.976. The third-order valence-corrected chi connectivity index (χ3v) is 18.3. The summed E-state index contributed by atoms with van der Waals surface area (Å²) in [6.07, 6.45) is 0. The summed E-state index contributed by atoms with van der Waals surface area (Å²) < 4.78 is 0. The van der Waals surface area contributed by atoms with Gasteiger partial charge in [-0.25, -0.2) is 0 Å². The van der Waals surface area contributed by atoms with Crippen LogP contribution in [0.5, 0.6) is 0 Å².